The third-order valence-electron chi connectivity index (χ3n) is 4.97. The fraction of sp³-hybridized carbons (Fsp3) is 0.238. The summed E-state index contributed by atoms with van der Waals surface area (Å²) in [6, 6.07) is 6.79. The Morgan fingerprint density at radius 3 is 2.73 bits per heavy atom. The molecule has 0 radical (unpaired) electrons. The van der Waals surface area contributed by atoms with Crippen LogP contribution in [0.2, 0.25) is 0 Å². The number of esters is 2. The molecule has 0 amide bonds. The summed E-state index contributed by atoms with van der Waals surface area (Å²) in [6.07, 6.45) is 0.929. The van der Waals surface area contributed by atoms with Gasteiger partial charge in [-0.2, -0.15) is 0 Å². The molecule has 9 nitrogen and oxygen atoms in total. The van der Waals surface area contributed by atoms with E-state index in [9.17, 15) is 19.2 Å². The first kappa shape index (κ1) is 19.4. The molecule has 1 aromatic carbocycles. The normalized spacial score (nSPS) is 15.4. The highest BCUT2D eigenvalue weighted by Crippen LogP contribution is 2.38. The second-order valence-corrected chi connectivity index (χ2v) is 6.73. The average Bonchev–Trinajstić information content (AvgIpc) is 2.72. The molecule has 154 valence electrons. The van der Waals surface area contributed by atoms with Crippen molar-refractivity contribution in [3.63, 3.8) is 0 Å². The van der Waals surface area contributed by atoms with Crippen LogP contribution in [0, 0.1) is 0 Å². The van der Waals surface area contributed by atoms with Gasteiger partial charge in [0.25, 0.3) is 11.1 Å². The van der Waals surface area contributed by atoms with Crippen molar-refractivity contribution in [1.29, 1.82) is 0 Å². The Morgan fingerprint density at radius 2 is 2.00 bits per heavy atom. The lowest BCUT2D eigenvalue weighted by Gasteiger charge is -2.24. The Balaban J connectivity index is 1.92. The maximum atomic E-state index is 12.8. The van der Waals surface area contributed by atoms with Gasteiger partial charge in [-0.05, 0) is 30.5 Å². The number of hydrogen-bond acceptors (Lipinski definition) is 7. The summed E-state index contributed by atoms with van der Waals surface area (Å²) in [5.41, 5.74) is -0.273. The average molecular weight is 410 g/mol. The van der Waals surface area contributed by atoms with Gasteiger partial charge >= 0.3 is 11.9 Å². The minimum absolute atomic E-state index is 0.0403. The Bertz CT molecular complexity index is 1290. The van der Waals surface area contributed by atoms with Gasteiger partial charge in [0.1, 0.15) is 11.3 Å². The molecule has 0 bridgehead atoms. The van der Waals surface area contributed by atoms with Crippen molar-refractivity contribution >= 4 is 22.8 Å². The number of aromatic nitrogens is 2. The molecule has 1 aliphatic heterocycles. The number of aromatic amines is 2. The highest BCUT2D eigenvalue weighted by molar-refractivity contribution is 5.95. The fourth-order valence-electron chi connectivity index (χ4n) is 3.59. The molecule has 0 saturated carbocycles. The first-order chi connectivity index (χ1) is 14.4. The molecule has 2 N–H and O–H groups in total. The van der Waals surface area contributed by atoms with E-state index in [1.54, 1.807) is 31.2 Å². The van der Waals surface area contributed by atoms with Crippen LogP contribution in [0.3, 0.4) is 0 Å². The number of rotatable bonds is 4. The minimum Gasteiger partial charge on any atom is -0.497 e. The molecule has 9 heteroatoms. The summed E-state index contributed by atoms with van der Waals surface area (Å²) in [6.45, 7) is 1.74. The number of fused-ring (bicyclic) bond motifs is 2. The van der Waals surface area contributed by atoms with Crippen molar-refractivity contribution in [2.45, 2.75) is 19.3 Å². The van der Waals surface area contributed by atoms with Crippen molar-refractivity contribution in [3.8, 4) is 11.5 Å². The first-order valence-corrected chi connectivity index (χ1v) is 9.27. The highest BCUT2D eigenvalue weighted by Gasteiger charge is 2.36. The Labute approximate surface area is 169 Å². The lowest BCUT2D eigenvalue weighted by Crippen LogP contribution is -2.32. The number of H-pyrrole nitrogens is 2. The molecule has 1 atom stereocenters. The van der Waals surface area contributed by atoms with E-state index in [1.165, 1.54) is 7.11 Å². The summed E-state index contributed by atoms with van der Waals surface area (Å²) in [5.74, 6) is -1.87. The highest BCUT2D eigenvalue weighted by atomic mass is 16.5. The van der Waals surface area contributed by atoms with E-state index < -0.39 is 29.0 Å². The second-order valence-electron chi connectivity index (χ2n) is 6.73. The monoisotopic (exact) mass is 410 g/mol. The number of methoxy groups -OCH3 is 1. The molecule has 3 aromatic rings. The Hall–Kier alpha value is -3.88. The zero-order chi connectivity index (χ0) is 21.4. The number of pyridine rings is 2. The van der Waals surface area contributed by atoms with E-state index in [0.29, 0.717) is 16.7 Å². The van der Waals surface area contributed by atoms with Crippen molar-refractivity contribution in [2.75, 3.05) is 13.7 Å². The predicted molar refractivity (Wildman–Crippen MR) is 106 cm³/mol. The van der Waals surface area contributed by atoms with Crippen LogP contribution in [-0.4, -0.2) is 35.6 Å². The third-order valence-corrected chi connectivity index (χ3v) is 4.97. The van der Waals surface area contributed by atoms with Crippen molar-refractivity contribution < 1.29 is 23.8 Å². The summed E-state index contributed by atoms with van der Waals surface area (Å²) >= 11 is 0. The van der Waals surface area contributed by atoms with E-state index in [-0.39, 0.29) is 35.5 Å². The van der Waals surface area contributed by atoms with E-state index in [4.69, 9.17) is 14.2 Å². The minimum atomic E-state index is -0.880. The SMILES string of the molecule is CCOC(=O)c1c[nH]c(=O)c2c1OC(=O)C[C@H]2c1cc2ccc(OC)cc2[nH]c1=O. The molecule has 4 rings (SSSR count). The van der Waals surface area contributed by atoms with Crippen LogP contribution in [0.25, 0.3) is 10.9 Å². The van der Waals surface area contributed by atoms with Crippen LogP contribution in [0.1, 0.15) is 40.7 Å². The van der Waals surface area contributed by atoms with Crippen LogP contribution < -0.4 is 20.6 Å². The van der Waals surface area contributed by atoms with Crippen molar-refractivity contribution in [2.24, 2.45) is 0 Å². The standard InChI is InChI=1S/C21H18N2O7/c1-3-29-21(27)14-9-22-20(26)17-12(8-16(24)30-18(14)17)13-6-10-4-5-11(28-2)7-15(10)23-19(13)25/h4-7,9,12H,3,8H2,1-2H3,(H,22,26)(H,23,25)/t12-/m0/s1. The van der Waals surface area contributed by atoms with Crippen LogP contribution >= 0.6 is 0 Å². The van der Waals surface area contributed by atoms with Gasteiger partial charge in [-0.25, -0.2) is 4.79 Å². The van der Waals surface area contributed by atoms with E-state index in [2.05, 4.69) is 9.97 Å². The molecule has 0 unspecified atom stereocenters. The van der Waals surface area contributed by atoms with Crippen LogP contribution in [0.15, 0.2) is 40.1 Å². The smallest absolute Gasteiger partial charge is 0.343 e. The van der Waals surface area contributed by atoms with E-state index in [0.717, 1.165) is 6.20 Å². The van der Waals surface area contributed by atoms with Gasteiger partial charge in [-0.1, -0.05) is 0 Å². The van der Waals surface area contributed by atoms with Gasteiger partial charge in [0, 0.05) is 23.7 Å². The molecule has 1 aliphatic rings. The van der Waals surface area contributed by atoms with Crippen molar-refractivity contribution in [1.82, 2.24) is 9.97 Å². The summed E-state index contributed by atoms with van der Waals surface area (Å²) in [4.78, 5) is 55.2. The molecule has 30 heavy (non-hydrogen) atoms. The molecule has 0 saturated heterocycles. The first-order valence-electron chi connectivity index (χ1n) is 9.27. The number of benzene rings is 1. The van der Waals surface area contributed by atoms with Crippen LogP contribution in [0.5, 0.6) is 11.5 Å². The summed E-state index contributed by atoms with van der Waals surface area (Å²) in [7, 11) is 1.52. The molecule has 2 aromatic heterocycles. The topological polar surface area (TPSA) is 128 Å². The number of hydrogen-bond donors (Lipinski definition) is 2. The van der Waals surface area contributed by atoms with Gasteiger partial charge in [-0.15, -0.1) is 0 Å². The fourth-order valence-corrected chi connectivity index (χ4v) is 3.59. The maximum Gasteiger partial charge on any atom is 0.343 e. The van der Waals surface area contributed by atoms with Gasteiger partial charge in [0.05, 0.1) is 31.2 Å². The lowest BCUT2D eigenvalue weighted by atomic mass is 9.86. The molecular formula is C21H18N2O7. The summed E-state index contributed by atoms with van der Waals surface area (Å²) in [5, 5.41) is 0.698. The lowest BCUT2D eigenvalue weighted by molar-refractivity contribution is -0.135. The summed E-state index contributed by atoms with van der Waals surface area (Å²) < 4.78 is 15.4. The van der Waals surface area contributed by atoms with Gasteiger partial charge in [0.15, 0.2) is 5.75 Å². The molecule has 0 spiro atoms. The molecule has 3 heterocycles. The maximum absolute atomic E-state index is 12.8. The quantitative estimate of drug-likeness (QED) is 0.628. The van der Waals surface area contributed by atoms with Gasteiger partial charge in [-0.3, -0.25) is 14.4 Å². The largest absolute Gasteiger partial charge is 0.497 e. The third kappa shape index (κ3) is 3.24. The van der Waals surface area contributed by atoms with Gasteiger partial charge in [0.2, 0.25) is 0 Å². The number of nitrogens with one attached hydrogen (secondary N) is 2. The van der Waals surface area contributed by atoms with E-state index >= 15 is 0 Å². The molecule has 0 aliphatic carbocycles. The van der Waals surface area contributed by atoms with Crippen LogP contribution in [0.4, 0.5) is 0 Å². The zero-order valence-electron chi connectivity index (χ0n) is 16.2. The van der Waals surface area contributed by atoms with E-state index in [1.807, 2.05) is 0 Å². The molecule has 0 fully saturated rings. The molecular weight excluding hydrogens is 392 g/mol. The van der Waals surface area contributed by atoms with Crippen molar-refractivity contribution in [3.05, 3.63) is 67.9 Å². The number of ether oxygens (including phenoxy) is 3. The number of carbonyl (C=O) groups is 2. The Morgan fingerprint density at radius 1 is 1.20 bits per heavy atom. The zero-order valence-corrected chi connectivity index (χ0v) is 16.2. The Kier molecular flexibility index (Phi) is 4.86. The predicted octanol–water partition coefficient (Wildman–Crippen LogP) is 1.84. The van der Waals surface area contributed by atoms with Gasteiger partial charge < -0.3 is 24.2 Å². The second kappa shape index (κ2) is 7.51. The number of carbonyl (C=O) groups excluding carboxylic acids is 2. The van der Waals surface area contributed by atoms with Crippen LogP contribution in [-0.2, 0) is 9.53 Å².